The Morgan fingerprint density at radius 3 is 2.83 bits per heavy atom. The van der Waals surface area contributed by atoms with Gasteiger partial charge in [0.1, 0.15) is 0 Å². The fourth-order valence-corrected chi connectivity index (χ4v) is 3.09. The first-order valence-electron chi connectivity index (χ1n) is 6.45. The molecule has 100 valence electrons. The van der Waals surface area contributed by atoms with Crippen LogP contribution in [0.3, 0.4) is 0 Å². The van der Waals surface area contributed by atoms with Gasteiger partial charge in [-0.25, -0.2) is 0 Å². The molecular formula is C14H21ClN2O. The van der Waals surface area contributed by atoms with Crippen molar-refractivity contribution >= 4 is 17.3 Å². The lowest BCUT2D eigenvalue weighted by atomic mass is 10.0. The molecular weight excluding hydrogens is 248 g/mol. The molecule has 1 fully saturated rings. The van der Waals surface area contributed by atoms with Crippen LogP contribution in [0.25, 0.3) is 0 Å². The Balaban J connectivity index is 2.26. The van der Waals surface area contributed by atoms with Crippen LogP contribution in [0, 0.1) is 0 Å². The van der Waals surface area contributed by atoms with Crippen LogP contribution in [0.1, 0.15) is 13.3 Å². The SMILES string of the molecule is CC1CN(C)CC(CCO)N1c1cccc(Cl)c1. The van der Waals surface area contributed by atoms with Crippen molar-refractivity contribution in [2.75, 3.05) is 31.6 Å². The number of hydrogen-bond acceptors (Lipinski definition) is 3. The molecule has 3 nitrogen and oxygen atoms in total. The zero-order chi connectivity index (χ0) is 13.1. The number of aliphatic hydroxyl groups excluding tert-OH is 1. The molecule has 1 saturated heterocycles. The maximum Gasteiger partial charge on any atom is 0.0451 e. The van der Waals surface area contributed by atoms with Crippen molar-refractivity contribution < 1.29 is 5.11 Å². The van der Waals surface area contributed by atoms with Gasteiger partial charge in [0.25, 0.3) is 0 Å². The molecule has 1 aromatic rings. The van der Waals surface area contributed by atoms with Gasteiger partial charge in [-0.1, -0.05) is 17.7 Å². The minimum absolute atomic E-state index is 0.224. The van der Waals surface area contributed by atoms with E-state index < -0.39 is 0 Å². The van der Waals surface area contributed by atoms with Crippen molar-refractivity contribution in [2.24, 2.45) is 0 Å². The monoisotopic (exact) mass is 268 g/mol. The molecule has 2 unspecified atom stereocenters. The molecule has 1 N–H and O–H groups in total. The second-order valence-corrected chi connectivity index (χ2v) is 5.56. The zero-order valence-corrected chi connectivity index (χ0v) is 11.8. The summed E-state index contributed by atoms with van der Waals surface area (Å²) in [5.74, 6) is 0. The van der Waals surface area contributed by atoms with Crippen molar-refractivity contribution in [1.82, 2.24) is 4.90 Å². The summed E-state index contributed by atoms with van der Waals surface area (Å²) in [6.07, 6.45) is 0.793. The Bertz CT molecular complexity index is 399. The molecule has 0 saturated carbocycles. The Morgan fingerprint density at radius 2 is 2.17 bits per heavy atom. The smallest absolute Gasteiger partial charge is 0.0451 e. The summed E-state index contributed by atoms with van der Waals surface area (Å²) in [6, 6.07) is 8.76. The Morgan fingerprint density at radius 1 is 1.39 bits per heavy atom. The summed E-state index contributed by atoms with van der Waals surface area (Å²) in [4.78, 5) is 4.72. The maximum atomic E-state index is 9.24. The predicted molar refractivity (Wildman–Crippen MR) is 76.4 cm³/mol. The van der Waals surface area contributed by atoms with Gasteiger partial charge in [-0.3, -0.25) is 0 Å². The molecule has 2 atom stereocenters. The number of rotatable bonds is 3. The molecule has 1 aliphatic heterocycles. The fourth-order valence-electron chi connectivity index (χ4n) is 2.90. The van der Waals surface area contributed by atoms with E-state index in [1.165, 1.54) is 0 Å². The second kappa shape index (κ2) is 5.91. The van der Waals surface area contributed by atoms with E-state index >= 15 is 0 Å². The number of piperazine rings is 1. The summed E-state index contributed by atoms with van der Waals surface area (Å²) in [5, 5.41) is 10.0. The lowest BCUT2D eigenvalue weighted by Gasteiger charge is -2.46. The number of nitrogens with zero attached hydrogens (tertiary/aromatic N) is 2. The molecule has 0 amide bonds. The summed E-state index contributed by atoms with van der Waals surface area (Å²) in [6.45, 7) is 4.47. The van der Waals surface area contributed by atoms with Crippen LogP contribution in [0.15, 0.2) is 24.3 Å². The van der Waals surface area contributed by atoms with Crippen LogP contribution < -0.4 is 4.90 Å². The molecule has 2 rings (SSSR count). The molecule has 0 aromatic heterocycles. The molecule has 0 spiro atoms. The molecule has 0 radical (unpaired) electrons. The number of hydrogen-bond donors (Lipinski definition) is 1. The van der Waals surface area contributed by atoms with E-state index in [4.69, 9.17) is 11.6 Å². The average Bonchev–Trinajstić information content (AvgIpc) is 2.28. The van der Waals surface area contributed by atoms with Crippen molar-refractivity contribution in [3.8, 4) is 0 Å². The molecule has 1 aromatic carbocycles. The Kier molecular flexibility index (Phi) is 4.49. The highest BCUT2D eigenvalue weighted by atomic mass is 35.5. The van der Waals surface area contributed by atoms with Gasteiger partial charge in [-0.05, 0) is 38.6 Å². The van der Waals surface area contributed by atoms with Gasteiger partial charge in [0.15, 0.2) is 0 Å². The van der Waals surface area contributed by atoms with Gasteiger partial charge >= 0.3 is 0 Å². The number of benzene rings is 1. The quantitative estimate of drug-likeness (QED) is 0.911. The van der Waals surface area contributed by atoms with Crippen LogP contribution in [-0.2, 0) is 0 Å². The van der Waals surface area contributed by atoms with Gasteiger partial charge in [0.2, 0.25) is 0 Å². The molecule has 0 bridgehead atoms. The maximum absolute atomic E-state index is 9.24. The van der Waals surface area contributed by atoms with E-state index in [0.717, 1.165) is 30.2 Å². The third kappa shape index (κ3) is 2.97. The lowest BCUT2D eigenvalue weighted by Crippen LogP contribution is -2.57. The van der Waals surface area contributed by atoms with E-state index in [1.807, 2.05) is 18.2 Å². The van der Waals surface area contributed by atoms with Gasteiger partial charge in [-0.15, -0.1) is 0 Å². The second-order valence-electron chi connectivity index (χ2n) is 5.12. The highest BCUT2D eigenvalue weighted by Gasteiger charge is 2.30. The number of halogens is 1. The lowest BCUT2D eigenvalue weighted by molar-refractivity contribution is 0.198. The topological polar surface area (TPSA) is 26.7 Å². The molecule has 4 heteroatoms. The summed E-state index contributed by atoms with van der Waals surface area (Å²) in [5.41, 5.74) is 1.15. The van der Waals surface area contributed by atoms with Crippen LogP contribution >= 0.6 is 11.6 Å². The zero-order valence-electron chi connectivity index (χ0n) is 11.0. The van der Waals surface area contributed by atoms with Crippen LogP contribution in [0.5, 0.6) is 0 Å². The Hall–Kier alpha value is -0.770. The van der Waals surface area contributed by atoms with Crippen molar-refractivity contribution in [2.45, 2.75) is 25.4 Å². The summed E-state index contributed by atoms with van der Waals surface area (Å²) >= 11 is 6.08. The number of anilines is 1. The standard InChI is InChI=1S/C14H21ClN2O/c1-11-9-16(2)10-14(6-7-18)17(11)13-5-3-4-12(15)8-13/h3-5,8,11,14,18H,6-7,9-10H2,1-2H3. The van der Waals surface area contributed by atoms with Gasteiger partial charge in [0, 0.05) is 42.5 Å². The van der Waals surface area contributed by atoms with Gasteiger partial charge in [-0.2, -0.15) is 0 Å². The molecule has 1 aliphatic rings. The first kappa shape index (κ1) is 13.7. The van der Waals surface area contributed by atoms with Gasteiger partial charge in [0.05, 0.1) is 0 Å². The van der Waals surface area contributed by atoms with Crippen molar-refractivity contribution in [3.63, 3.8) is 0 Å². The van der Waals surface area contributed by atoms with E-state index in [-0.39, 0.29) is 6.61 Å². The number of aliphatic hydroxyl groups is 1. The highest BCUT2D eigenvalue weighted by Crippen LogP contribution is 2.27. The first-order chi connectivity index (χ1) is 8.61. The third-order valence-corrected chi connectivity index (χ3v) is 3.77. The third-order valence-electron chi connectivity index (χ3n) is 3.54. The normalized spacial score (nSPS) is 25.4. The van der Waals surface area contributed by atoms with Crippen LogP contribution in [0.4, 0.5) is 5.69 Å². The van der Waals surface area contributed by atoms with E-state index in [9.17, 15) is 5.11 Å². The minimum atomic E-state index is 0.224. The van der Waals surface area contributed by atoms with Crippen LogP contribution in [0.2, 0.25) is 5.02 Å². The van der Waals surface area contributed by atoms with Crippen molar-refractivity contribution in [3.05, 3.63) is 29.3 Å². The highest BCUT2D eigenvalue weighted by molar-refractivity contribution is 6.30. The predicted octanol–water partition coefficient (Wildman–Crippen LogP) is 2.23. The first-order valence-corrected chi connectivity index (χ1v) is 6.83. The summed E-state index contributed by atoms with van der Waals surface area (Å²) < 4.78 is 0. The fraction of sp³-hybridized carbons (Fsp3) is 0.571. The van der Waals surface area contributed by atoms with Crippen molar-refractivity contribution in [1.29, 1.82) is 0 Å². The van der Waals surface area contributed by atoms with E-state index in [0.29, 0.717) is 12.1 Å². The number of likely N-dealkylation sites (N-methyl/N-ethyl adjacent to an activating group) is 1. The van der Waals surface area contributed by atoms with Crippen LogP contribution in [-0.4, -0.2) is 48.8 Å². The van der Waals surface area contributed by atoms with E-state index in [2.05, 4.69) is 29.8 Å². The Labute approximate surface area is 114 Å². The molecule has 18 heavy (non-hydrogen) atoms. The van der Waals surface area contributed by atoms with E-state index in [1.54, 1.807) is 0 Å². The molecule has 0 aliphatic carbocycles. The largest absolute Gasteiger partial charge is 0.396 e. The summed E-state index contributed by atoms with van der Waals surface area (Å²) in [7, 11) is 2.14. The average molecular weight is 269 g/mol. The van der Waals surface area contributed by atoms with Gasteiger partial charge < -0.3 is 14.9 Å². The molecule has 1 heterocycles. The minimum Gasteiger partial charge on any atom is -0.396 e.